The van der Waals surface area contributed by atoms with E-state index in [1.165, 1.54) is 0 Å². The molecule has 1 atom stereocenters. The third-order valence-corrected chi connectivity index (χ3v) is 6.97. The number of hydrogen-bond donors (Lipinski definition) is 1. The summed E-state index contributed by atoms with van der Waals surface area (Å²) in [4.78, 5) is 2.41. The van der Waals surface area contributed by atoms with Gasteiger partial charge in [0.25, 0.3) is 0 Å². The molecule has 0 heterocycles. The number of nitrogens with zero attached hydrogens (tertiary/aromatic N) is 1. The fourth-order valence-electron chi connectivity index (χ4n) is 2.68. The highest BCUT2D eigenvalue weighted by Crippen LogP contribution is 2.33. The summed E-state index contributed by atoms with van der Waals surface area (Å²) < 4.78 is 28.2. The minimum atomic E-state index is -3.71. The Kier molecular flexibility index (Phi) is 10.9. The number of sulfonamides is 1. The molecule has 25 heavy (non-hydrogen) atoms. The van der Waals surface area contributed by atoms with Crippen LogP contribution in [0.5, 0.6) is 0 Å². The first kappa shape index (κ1) is 25.0. The molecule has 1 rings (SSSR count). The van der Waals surface area contributed by atoms with Crippen LogP contribution in [0.15, 0.2) is 11.0 Å². The molecule has 0 fully saturated rings. The molecule has 0 saturated heterocycles. The van der Waals surface area contributed by atoms with Crippen LogP contribution in [0.25, 0.3) is 0 Å². The minimum Gasteiger partial charge on any atom is -0.304 e. The van der Waals surface area contributed by atoms with E-state index in [2.05, 4.69) is 23.5 Å². The average molecular weight is 432 g/mol. The van der Waals surface area contributed by atoms with Crippen molar-refractivity contribution in [3.8, 4) is 0 Å². The van der Waals surface area contributed by atoms with E-state index in [1.54, 1.807) is 19.9 Å². The molecule has 0 aliphatic heterocycles. The van der Waals surface area contributed by atoms with Gasteiger partial charge in [-0.15, -0.1) is 12.4 Å². The molecule has 0 aliphatic carbocycles. The number of hydrogen-bond acceptors (Lipinski definition) is 3. The van der Waals surface area contributed by atoms with Crippen molar-refractivity contribution in [2.45, 2.75) is 58.4 Å². The summed E-state index contributed by atoms with van der Waals surface area (Å²) in [6, 6.07) is 1.52. The van der Waals surface area contributed by atoms with Crippen molar-refractivity contribution < 1.29 is 8.42 Å². The second-order valence-corrected chi connectivity index (χ2v) is 8.57. The van der Waals surface area contributed by atoms with Crippen LogP contribution in [0, 0.1) is 13.8 Å². The molecule has 0 radical (unpaired) electrons. The Balaban J connectivity index is 0.00000576. The first-order valence-electron chi connectivity index (χ1n) is 8.33. The normalized spacial score (nSPS) is 13.0. The molecule has 0 spiro atoms. The summed E-state index contributed by atoms with van der Waals surface area (Å²) in [6.07, 6.45) is 1.71. The zero-order valence-electron chi connectivity index (χ0n) is 15.5. The van der Waals surface area contributed by atoms with Gasteiger partial charge in [0, 0.05) is 11.1 Å². The maximum atomic E-state index is 12.7. The van der Waals surface area contributed by atoms with Gasteiger partial charge in [-0.3, -0.25) is 0 Å². The van der Waals surface area contributed by atoms with Crippen molar-refractivity contribution in [1.82, 2.24) is 9.62 Å². The van der Waals surface area contributed by atoms with Gasteiger partial charge in [-0.1, -0.05) is 37.0 Å². The highest BCUT2D eigenvalue weighted by molar-refractivity contribution is 7.89. The number of rotatable bonds is 9. The predicted octanol–water partition coefficient (Wildman–Crippen LogP) is 4.82. The Morgan fingerprint density at radius 2 is 1.76 bits per heavy atom. The van der Waals surface area contributed by atoms with Crippen molar-refractivity contribution in [3.63, 3.8) is 0 Å². The first-order chi connectivity index (χ1) is 11.1. The summed E-state index contributed by atoms with van der Waals surface area (Å²) >= 11 is 12.4. The molecule has 0 aliphatic rings. The topological polar surface area (TPSA) is 49.4 Å². The zero-order chi connectivity index (χ0) is 18.5. The van der Waals surface area contributed by atoms with Crippen LogP contribution in [0.3, 0.4) is 0 Å². The highest BCUT2D eigenvalue weighted by Gasteiger charge is 2.25. The summed E-state index contributed by atoms with van der Waals surface area (Å²) in [5, 5.41) is 0.645. The molecule has 1 unspecified atom stereocenters. The molecule has 146 valence electrons. The predicted molar refractivity (Wildman–Crippen MR) is 110 cm³/mol. The largest absolute Gasteiger partial charge is 0.304 e. The molecule has 1 aromatic carbocycles. The van der Waals surface area contributed by atoms with Crippen LogP contribution in [0.1, 0.15) is 44.7 Å². The molecule has 1 N–H and O–H groups in total. The molecular weight excluding hydrogens is 403 g/mol. The van der Waals surface area contributed by atoms with Gasteiger partial charge >= 0.3 is 0 Å². The van der Waals surface area contributed by atoms with E-state index >= 15 is 0 Å². The fraction of sp³-hybridized carbons (Fsp3) is 0.647. The molecule has 1 aromatic rings. The van der Waals surface area contributed by atoms with E-state index in [0.29, 0.717) is 16.1 Å². The average Bonchev–Trinajstić information content (AvgIpc) is 2.49. The van der Waals surface area contributed by atoms with E-state index in [4.69, 9.17) is 23.2 Å². The van der Waals surface area contributed by atoms with Crippen LogP contribution < -0.4 is 4.72 Å². The Morgan fingerprint density at radius 1 is 1.20 bits per heavy atom. The molecule has 0 aromatic heterocycles. The Hall–Kier alpha value is -0.0400. The SMILES string of the molecule is CCN(CC)CCCC(C)NS(=O)(=O)c1c(C)c(Cl)cc(C)c1Cl.Cl. The molecule has 0 saturated carbocycles. The molecule has 4 nitrogen and oxygen atoms in total. The lowest BCUT2D eigenvalue weighted by molar-refractivity contribution is 0.293. The fourth-order valence-corrected chi connectivity index (χ4v) is 5.17. The van der Waals surface area contributed by atoms with Gasteiger partial charge < -0.3 is 4.90 Å². The van der Waals surface area contributed by atoms with E-state index < -0.39 is 10.0 Å². The summed E-state index contributed by atoms with van der Waals surface area (Å²) in [5.74, 6) is 0. The number of nitrogens with one attached hydrogen (secondary N) is 1. The Labute approximate surface area is 168 Å². The quantitative estimate of drug-likeness (QED) is 0.609. The lowest BCUT2D eigenvalue weighted by Crippen LogP contribution is -2.34. The van der Waals surface area contributed by atoms with E-state index in [1.807, 2.05) is 6.92 Å². The van der Waals surface area contributed by atoms with Gasteiger partial charge in [0.05, 0.1) is 5.02 Å². The van der Waals surface area contributed by atoms with Crippen LogP contribution in [0.4, 0.5) is 0 Å². The van der Waals surface area contributed by atoms with E-state index in [0.717, 1.165) is 32.5 Å². The van der Waals surface area contributed by atoms with Crippen LogP contribution in [0.2, 0.25) is 10.0 Å². The second kappa shape index (κ2) is 11.0. The van der Waals surface area contributed by atoms with Crippen molar-refractivity contribution in [2.24, 2.45) is 0 Å². The number of halogens is 3. The lowest BCUT2D eigenvalue weighted by atomic mass is 10.2. The van der Waals surface area contributed by atoms with Gasteiger partial charge in [-0.05, 0) is 70.4 Å². The molecule has 0 amide bonds. The minimum absolute atomic E-state index is 0. The van der Waals surface area contributed by atoms with Gasteiger partial charge in [-0.25, -0.2) is 13.1 Å². The Bertz CT molecular complexity index is 636. The smallest absolute Gasteiger partial charge is 0.242 e. The molecular formula is C17H29Cl3N2O2S. The van der Waals surface area contributed by atoms with Crippen molar-refractivity contribution in [1.29, 1.82) is 0 Å². The van der Waals surface area contributed by atoms with Crippen molar-refractivity contribution in [3.05, 3.63) is 27.2 Å². The second-order valence-electron chi connectivity index (χ2n) is 6.13. The number of aryl methyl sites for hydroxylation is 1. The Morgan fingerprint density at radius 3 is 2.28 bits per heavy atom. The van der Waals surface area contributed by atoms with Crippen LogP contribution >= 0.6 is 35.6 Å². The van der Waals surface area contributed by atoms with Crippen molar-refractivity contribution in [2.75, 3.05) is 19.6 Å². The monoisotopic (exact) mass is 430 g/mol. The van der Waals surface area contributed by atoms with E-state index in [9.17, 15) is 8.42 Å². The maximum absolute atomic E-state index is 12.7. The van der Waals surface area contributed by atoms with E-state index in [-0.39, 0.29) is 28.4 Å². The molecule has 8 heteroatoms. The highest BCUT2D eigenvalue weighted by atomic mass is 35.5. The summed E-state index contributed by atoms with van der Waals surface area (Å²) in [6.45, 7) is 12.5. The summed E-state index contributed by atoms with van der Waals surface area (Å²) in [5.41, 5.74) is 1.14. The third-order valence-electron chi connectivity index (χ3n) is 4.22. The maximum Gasteiger partial charge on any atom is 0.242 e. The van der Waals surface area contributed by atoms with Crippen LogP contribution in [-0.2, 0) is 10.0 Å². The van der Waals surface area contributed by atoms with Crippen LogP contribution in [-0.4, -0.2) is 39.0 Å². The van der Waals surface area contributed by atoms with Gasteiger partial charge in [0.1, 0.15) is 4.90 Å². The van der Waals surface area contributed by atoms with Gasteiger partial charge in [-0.2, -0.15) is 0 Å². The van der Waals surface area contributed by atoms with Crippen molar-refractivity contribution >= 4 is 45.6 Å². The third kappa shape index (κ3) is 6.89. The standard InChI is InChI=1S/C17H28Cl2N2O2S.ClH/c1-6-21(7-2)10-8-9-13(4)20-24(22,23)17-14(5)15(18)11-12(3)16(17)19;/h11,13,20H,6-10H2,1-5H3;1H. The summed E-state index contributed by atoms with van der Waals surface area (Å²) in [7, 11) is -3.71. The van der Waals surface area contributed by atoms with Gasteiger partial charge in [0.15, 0.2) is 0 Å². The zero-order valence-corrected chi connectivity index (χ0v) is 18.7. The number of benzene rings is 1. The lowest BCUT2D eigenvalue weighted by Gasteiger charge is -2.20. The first-order valence-corrected chi connectivity index (χ1v) is 10.6. The molecule has 0 bridgehead atoms. The van der Waals surface area contributed by atoms with Gasteiger partial charge in [0.2, 0.25) is 10.0 Å².